The minimum atomic E-state index is -0.918. The quantitative estimate of drug-likeness (QED) is 0.646. The average Bonchev–Trinajstić information content (AvgIpc) is 2.23. The molecule has 0 rings (SSSR count). The molecule has 0 aliphatic rings. The molecule has 0 spiro atoms. The predicted octanol–water partition coefficient (Wildman–Crippen LogP) is 1.25. The highest BCUT2D eigenvalue weighted by Crippen LogP contribution is 2.08. The largest absolute Gasteiger partial charge is 0.388 e. The highest BCUT2D eigenvalue weighted by atomic mass is 16.5. The Kier molecular flexibility index (Phi) is 7.01. The van der Waals surface area contributed by atoms with Crippen LogP contribution in [-0.4, -0.2) is 36.9 Å². The number of ether oxygens (including phenoxy) is 1. The van der Waals surface area contributed by atoms with Crippen LogP contribution in [0.15, 0.2) is 11.6 Å². The summed E-state index contributed by atoms with van der Waals surface area (Å²) in [5.74, 6) is -0.125. The first-order chi connectivity index (χ1) is 7.43. The third-order valence-electron chi connectivity index (χ3n) is 2.34. The lowest BCUT2D eigenvalue weighted by molar-refractivity contribution is -0.118. The molecule has 2 N–H and O–H groups in total. The molecule has 0 heterocycles. The lowest BCUT2D eigenvalue weighted by Crippen LogP contribution is -2.41. The number of hydrogen-bond donors (Lipinski definition) is 2. The van der Waals surface area contributed by atoms with Crippen LogP contribution in [0.2, 0.25) is 0 Å². The van der Waals surface area contributed by atoms with Crippen LogP contribution < -0.4 is 5.32 Å². The maximum atomic E-state index is 11.5. The summed E-state index contributed by atoms with van der Waals surface area (Å²) in [6.45, 7) is 6.15. The summed E-state index contributed by atoms with van der Waals surface area (Å²) >= 11 is 0. The number of carbonyl (C=O) groups is 1. The Morgan fingerprint density at radius 1 is 1.56 bits per heavy atom. The number of aliphatic hydroxyl groups is 1. The van der Waals surface area contributed by atoms with Gasteiger partial charge in [-0.25, -0.2) is 0 Å². The van der Waals surface area contributed by atoms with Gasteiger partial charge in [0.25, 0.3) is 0 Å². The van der Waals surface area contributed by atoms with Crippen molar-refractivity contribution in [3.05, 3.63) is 11.6 Å². The molecule has 0 aromatic carbocycles. The maximum absolute atomic E-state index is 11.5. The molecule has 1 atom stereocenters. The van der Waals surface area contributed by atoms with Gasteiger partial charge in [-0.2, -0.15) is 0 Å². The lowest BCUT2D eigenvalue weighted by atomic mass is 10.0. The number of nitrogens with one attached hydrogen (secondary N) is 1. The number of hydrogen-bond acceptors (Lipinski definition) is 3. The molecule has 1 amide bonds. The molecule has 0 saturated carbocycles. The summed E-state index contributed by atoms with van der Waals surface area (Å²) in [4.78, 5) is 11.5. The molecule has 4 heteroatoms. The highest BCUT2D eigenvalue weighted by Gasteiger charge is 2.20. The van der Waals surface area contributed by atoms with E-state index in [1.165, 1.54) is 0 Å². The van der Waals surface area contributed by atoms with E-state index in [1.807, 2.05) is 13.0 Å². The average molecular weight is 229 g/mol. The van der Waals surface area contributed by atoms with Crippen molar-refractivity contribution in [2.75, 3.05) is 20.3 Å². The van der Waals surface area contributed by atoms with E-state index < -0.39 is 5.60 Å². The molecule has 1 unspecified atom stereocenters. The molecule has 16 heavy (non-hydrogen) atoms. The van der Waals surface area contributed by atoms with Gasteiger partial charge in [-0.1, -0.05) is 13.0 Å². The van der Waals surface area contributed by atoms with E-state index in [1.54, 1.807) is 21.0 Å². The summed E-state index contributed by atoms with van der Waals surface area (Å²) in [6.07, 6.45) is 3.19. The molecular weight excluding hydrogens is 206 g/mol. The van der Waals surface area contributed by atoms with Gasteiger partial charge in [-0.05, 0) is 20.3 Å². The molecule has 0 aromatic rings. The molecule has 0 radical (unpaired) electrons. The molecule has 0 bridgehead atoms. The van der Waals surface area contributed by atoms with Crippen molar-refractivity contribution >= 4 is 5.91 Å². The van der Waals surface area contributed by atoms with Gasteiger partial charge >= 0.3 is 0 Å². The third kappa shape index (κ3) is 6.58. The lowest BCUT2D eigenvalue weighted by Gasteiger charge is -2.23. The smallest absolute Gasteiger partial charge is 0.246 e. The van der Waals surface area contributed by atoms with Crippen LogP contribution in [0.25, 0.3) is 0 Å². The van der Waals surface area contributed by atoms with E-state index in [0.29, 0.717) is 18.6 Å². The maximum Gasteiger partial charge on any atom is 0.246 e. The second-order valence-electron chi connectivity index (χ2n) is 4.22. The summed E-state index contributed by atoms with van der Waals surface area (Å²) in [7, 11) is 1.59. The van der Waals surface area contributed by atoms with Crippen molar-refractivity contribution in [2.24, 2.45) is 0 Å². The van der Waals surface area contributed by atoms with E-state index >= 15 is 0 Å². The van der Waals surface area contributed by atoms with Crippen molar-refractivity contribution < 1.29 is 14.6 Å². The van der Waals surface area contributed by atoms with Crippen LogP contribution in [-0.2, 0) is 9.53 Å². The molecule has 0 aliphatic carbocycles. The van der Waals surface area contributed by atoms with Crippen molar-refractivity contribution in [2.45, 2.75) is 39.2 Å². The van der Waals surface area contributed by atoms with Crippen LogP contribution >= 0.6 is 0 Å². The van der Waals surface area contributed by atoms with Crippen LogP contribution in [0, 0.1) is 0 Å². The monoisotopic (exact) mass is 229 g/mol. The Morgan fingerprint density at radius 3 is 2.69 bits per heavy atom. The van der Waals surface area contributed by atoms with E-state index in [4.69, 9.17) is 4.74 Å². The molecule has 94 valence electrons. The van der Waals surface area contributed by atoms with Crippen molar-refractivity contribution in [1.82, 2.24) is 5.32 Å². The Bertz CT molecular complexity index is 247. The van der Waals surface area contributed by atoms with Gasteiger partial charge in [-0.3, -0.25) is 4.79 Å². The van der Waals surface area contributed by atoms with E-state index in [9.17, 15) is 9.90 Å². The summed E-state index contributed by atoms with van der Waals surface area (Å²) < 4.78 is 4.89. The number of rotatable bonds is 7. The first-order valence-electron chi connectivity index (χ1n) is 5.59. The zero-order valence-electron chi connectivity index (χ0n) is 10.7. The first-order valence-corrected chi connectivity index (χ1v) is 5.59. The predicted molar refractivity (Wildman–Crippen MR) is 64.2 cm³/mol. The minimum Gasteiger partial charge on any atom is -0.388 e. The molecule has 4 nitrogen and oxygen atoms in total. The Labute approximate surface area is 97.7 Å². The standard InChI is InChI=1S/C12H23NO3/c1-5-6-10(2)11(14)13-9-12(3,15)7-8-16-4/h6,15H,5,7-9H2,1-4H3,(H,13,14)/b10-6-. The van der Waals surface area contributed by atoms with Crippen molar-refractivity contribution in [3.8, 4) is 0 Å². The zero-order chi connectivity index (χ0) is 12.6. The summed E-state index contributed by atoms with van der Waals surface area (Å²) in [5, 5.41) is 12.6. The summed E-state index contributed by atoms with van der Waals surface area (Å²) in [6, 6.07) is 0. The number of allylic oxidation sites excluding steroid dienone is 1. The van der Waals surface area contributed by atoms with Gasteiger partial charge in [0.2, 0.25) is 5.91 Å². The highest BCUT2D eigenvalue weighted by molar-refractivity contribution is 5.92. The molecule has 0 saturated heterocycles. The van der Waals surface area contributed by atoms with Crippen molar-refractivity contribution in [1.29, 1.82) is 0 Å². The second-order valence-corrected chi connectivity index (χ2v) is 4.22. The fourth-order valence-electron chi connectivity index (χ4n) is 1.22. The molecular formula is C12H23NO3. The minimum absolute atomic E-state index is 0.125. The van der Waals surface area contributed by atoms with Crippen molar-refractivity contribution in [3.63, 3.8) is 0 Å². The zero-order valence-corrected chi connectivity index (χ0v) is 10.7. The van der Waals surface area contributed by atoms with Crippen LogP contribution in [0.4, 0.5) is 0 Å². The second kappa shape index (κ2) is 7.41. The van der Waals surface area contributed by atoms with Crippen LogP contribution in [0.1, 0.15) is 33.6 Å². The van der Waals surface area contributed by atoms with Crippen LogP contribution in [0.3, 0.4) is 0 Å². The number of amides is 1. The summed E-state index contributed by atoms with van der Waals surface area (Å²) in [5.41, 5.74) is -0.233. The Balaban J connectivity index is 4.03. The third-order valence-corrected chi connectivity index (χ3v) is 2.34. The molecule has 0 aromatic heterocycles. The van der Waals surface area contributed by atoms with E-state index in [-0.39, 0.29) is 12.5 Å². The number of methoxy groups -OCH3 is 1. The number of carbonyl (C=O) groups excluding carboxylic acids is 1. The van der Waals surface area contributed by atoms with Gasteiger partial charge < -0.3 is 15.2 Å². The molecule has 0 aliphatic heterocycles. The van der Waals surface area contributed by atoms with Crippen LogP contribution in [0.5, 0.6) is 0 Å². The van der Waals surface area contributed by atoms with Gasteiger partial charge in [0.15, 0.2) is 0 Å². The molecule has 0 fully saturated rings. The fraction of sp³-hybridized carbons (Fsp3) is 0.750. The SMILES string of the molecule is CC/C=C(/C)C(=O)NCC(C)(O)CCOC. The topological polar surface area (TPSA) is 58.6 Å². The van der Waals surface area contributed by atoms with E-state index in [2.05, 4.69) is 5.32 Å². The Morgan fingerprint density at radius 2 is 2.19 bits per heavy atom. The fourth-order valence-corrected chi connectivity index (χ4v) is 1.22. The van der Waals surface area contributed by atoms with Gasteiger partial charge in [-0.15, -0.1) is 0 Å². The Hall–Kier alpha value is -0.870. The normalized spacial score (nSPS) is 15.7. The van der Waals surface area contributed by atoms with Gasteiger partial charge in [0.05, 0.1) is 5.60 Å². The first kappa shape index (κ1) is 15.1. The van der Waals surface area contributed by atoms with E-state index in [0.717, 1.165) is 6.42 Å². The van der Waals surface area contributed by atoms with Gasteiger partial charge in [0, 0.05) is 32.3 Å². The van der Waals surface area contributed by atoms with Gasteiger partial charge in [0.1, 0.15) is 0 Å².